The average Bonchev–Trinajstić information content (AvgIpc) is 2.75. The maximum Gasteiger partial charge on any atom is 0.177 e. The van der Waals surface area contributed by atoms with Crippen molar-refractivity contribution in [2.45, 2.75) is 32.6 Å². The van der Waals surface area contributed by atoms with Crippen molar-refractivity contribution in [2.75, 3.05) is 0 Å². The number of halogens is 1. The van der Waals surface area contributed by atoms with Crippen molar-refractivity contribution in [1.82, 2.24) is 0 Å². The van der Waals surface area contributed by atoms with Gasteiger partial charge >= 0.3 is 0 Å². The van der Waals surface area contributed by atoms with Gasteiger partial charge in [0.15, 0.2) is 5.78 Å². The fourth-order valence-corrected chi connectivity index (χ4v) is 3.22. The zero-order valence-corrected chi connectivity index (χ0v) is 13.8. The summed E-state index contributed by atoms with van der Waals surface area (Å²) in [4.78, 5) is 12.9. The molecule has 19 heavy (non-hydrogen) atoms. The molecule has 0 amide bonds. The third-order valence-electron chi connectivity index (χ3n) is 3.03. The van der Waals surface area contributed by atoms with E-state index in [4.69, 9.17) is 0 Å². The molecule has 0 saturated heterocycles. The normalized spacial score (nSPS) is 11.6. The molecule has 0 unspecified atom stereocenters. The lowest BCUT2D eigenvalue weighted by molar-refractivity contribution is 0.0997. The van der Waals surface area contributed by atoms with Crippen LogP contribution in [0.1, 0.15) is 41.6 Å². The Labute approximate surface area is 126 Å². The molecule has 2 rings (SSSR count). The van der Waals surface area contributed by atoms with Crippen LogP contribution in [0.2, 0.25) is 0 Å². The van der Waals surface area contributed by atoms with Crippen LogP contribution < -0.4 is 0 Å². The highest BCUT2D eigenvalue weighted by Crippen LogP contribution is 2.24. The van der Waals surface area contributed by atoms with E-state index in [1.54, 1.807) is 0 Å². The van der Waals surface area contributed by atoms with Gasteiger partial charge < -0.3 is 0 Å². The minimum Gasteiger partial charge on any atom is -0.293 e. The molecule has 1 heterocycles. The summed E-state index contributed by atoms with van der Waals surface area (Å²) in [6.07, 6.45) is 0.470. The second-order valence-corrected chi connectivity index (χ2v) is 7.50. The van der Waals surface area contributed by atoms with E-state index < -0.39 is 0 Å². The Kier molecular flexibility index (Phi) is 4.26. The van der Waals surface area contributed by atoms with Gasteiger partial charge in [-0.1, -0.05) is 45.0 Å². The number of rotatable bonds is 3. The first-order chi connectivity index (χ1) is 8.86. The van der Waals surface area contributed by atoms with Crippen molar-refractivity contribution in [1.29, 1.82) is 0 Å². The Hall–Kier alpha value is -0.930. The Morgan fingerprint density at radius 2 is 1.84 bits per heavy atom. The van der Waals surface area contributed by atoms with Crippen LogP contribution in [-0.2, 0) is 11.8 Å². The van der Waals surface area contributed by atoms with E-state index >= 15 is 0 Å². The molecule has 0 aliphatic heterocycles. The van der Waals surface area contributed by atoms with Gasteiger partial charge in [-0.05, 0) is 38.5 Å². The fraction of sp³-hybridized carbons (Fsp3) is 0.312. The summed E-state index contributed by atoms with van der Waals surface area (Å²) in [5, 5.41) is 1.94. The summed E-state index contributed by atoms with van der Waals surface area (Å²) < 4.78 is 0.976. The second kappa shape index (κ2) is 5.59. The zero-order valence-electron chi connectivity index (χ0n) is 11.4. The number of thiophene rings is 1. The van der Waals surface area contributed by atoms with E-state index in [0.29, 0.717) is 6.42 Å². The predicted molar refractivity (Wildman–Crippen MR) is 85.2 cm³/mol. The molecule has 0 N–H and O–H groups in total. The van der Waals surface area contributed by atoms with Crippen LogP contribution >= 0.6 is 27.3 Å². The molecule has 1 aromatic heterocycles. The third-order valence-corrected chi connectivity index (χ3v) is 4.76. The quantitative estimate of drug-likeness (QED) is 0.701. The molecule has 0 fully saturated rings. The SMILES string of the molecule is CC(C)(C)c1ccc(CC(=O)c2cc(Br)cs2)cc1. The van der Waals surface area contributed by atoms with Crippen molar-refractivity contribution in [2.24, 2.45) is 0 Å². The molecular formula is C16H17BrOS. The van der Waals surface area contributed by atoms with Crippen LogP contribution in [-0.4, -0.2) is 5.78 Å². The first-order valence-electron chi connectivity index (χ1n) is 6.23. The van der Waals surface area contributed by atoms with Gasteiger partial charge in [0.05, 0.1) is 4.88 Å². The van der Waals surface area contributed by atoms with Gasteiger partial charge in [0.2, 0.25) is 0 Å². The molecule has 100 valence electrons. The van der Waals surface area contributed by atoms with Crippen LogP contribution in [0.25, 0.3) is 0 Å². The van der Waals surface area contributed by atoms with Crippen molar-refractivity contribution in [3.05, 3.63) is 56.2 Å². The van der Waals surface area contributed by atoms with Gasteiger partial charge in [-0.15, -0.1) is 11.3 Å². The maximum absolute atomic E-state index is 12.1. The first-order valence-corrected chi connectivity index (χ1v) is 7.90. The van der Waals surface area contributed by atoms with Crippen LogP contribution in [0, 0.1) is 0 Å². The third kappa shape index (κ3) is 3.77. The molecule has 0 saturated carbocycles. The lowest BCUT2D eigenvalue weighted by Crippen LogP contribution is -2.11. The smallest absolute Gasteiger partial charge is 0.177 e. The summed E-state index contributed by atoms with van der Waals surface area (Å²) in [5.74, 6) is 0.180. The molecule has 0 aliphatic rings. The summed E-state index contributed by atoms with van der Waals surface area (Å²) in [7, 11) is 0. The maximum atomic E-state index is 12.1. The lowest BCUT2D eigenvalue weighted by atomic mass is 9.86. The minimum absolute atomic E-state index is 0.154. The van der Waals surface area contributed by atoms with E-state index in [-0.39, 0.29) is 11.2 Å². The van der Waals surface area contributed by atoms with Gasteiger partial charge in [0, 0.05) is 16.3 Å². The van der Waals surface area contributed by atoms with Gasteiger partial charge in [-0.25, -0.2) is 0 Å². The number of ketones is 1. The minimum atomic E-state index is 0.154. The van der Waals surface area contributed by atoms with Crippen molar-refractivity contribution >= 4 is 33.0 Å². The van der Waals surface area contributed by atoms with E-state index in [1.807, 2.05) is 11.4 Å². The zero-order chi connectivity index (χ0) is 14.0. The van der Waals surface area contributed by atoms with E-state index in [1.165, 1.54) is 16.9 Å². The van der Waals surface area contributed by atoms with Crippen LogP contribution in [0.15, 0.2) is 40.2 Å². The summed E-state index contributed by atoms with van der Waals surface area (Å²) >= 11 is 4.86. The molecule has 0 aliphatic carbocycles. The molecule has 0 bridgehead atoms. The largest absolute Gasteiger partial charge is 0.293 e. The number of Topliss-reactive ketones (excluding diaryl/α,β-unsaturated/α-hetero) is 1. The number of carbonyl (C=O) groups is 1. The molecule has 1 nitrogen and oxygen atoms in total. The molecule has 2 aromatic rings. The van der Waals surface area contributed by atoms with Crippen molar-refractivity contribution in [3.8, 4) is 0 Å². The van der Waals surface area contributed by atoms with Crippen LogP contribution in [0.5, 0.6) is 0 Å². The molecule has 0 atom stereocenters. The highest BCUT2D eigenvalue weighted by atomic mass is 79.9. The van der Waals surface area contributed by atoms with E-state index in [0.717, 1.165) is 14.9 Å². The average molecular weight is 337 g/mol. The van der Waals surface area contributed by atoms with E-state index in [9.17, 15) is 4.79 Å². The molecule has 0 radical (unpaired) electrons. The van der Waals surface area contributed by atoms with Gasteiger partial charge in [-0.3, -0.25) is 4.79 Å². The molecular weight excluding hydrogens is 320 g/mol. The van der Waals surface area contributed by atoms with Crippen molar-refractivity contribution < 1.29 is 4.79 Å². The topological polar surface area (TPSA) is 17.1 Å². The molecule has 0 spiro atoms. The van der Waals surface area contributed by atoms with Gasteiger partial charge in [0.1, 0.15) is 0 Å². The number of hydrogen-bond acceptors (Lipinski definition) is 2. The molecule has 3 heteroatoms. The first kappa shape index (κ1) is 14.5. The van der Waals surface area contributed by atoms with Crippen molar-refractivity contribution in [3.63, 3.8) is 0 Å². The fourth-order valence-electron chi connectivity index (χ4n) is 1.85. The Bertz CT molecular complexity index is 576. The van der Waals surface area contributed by atoms with E-state index in [2.05, 4.69) is 61.0 Å². The van der Waals surface area contributed by atoms with Gasteiger partial charge in [0.25, 0.3) is 0 Å². The highest BCUT2D eigenvalue weighted by molar-refractivity contribution is 9.10. The Morgan fingerprint density at radius 3 is 2.32 bits per heavy atom. The lowest BCUT2D eigenvalue weighted by Gasteiger charge is -2.19. The standard InChI is InChI=1S/C16H17BrOS/c1-16(2,3)12-6-4-11(5-7-12)8-14(18)15-9-13(17)10-19-15/h4-7,9-10H,8H2,1-3H3. The number of benzene rings is 1. The predicted octanol–water partition coefficient (Wildman–Crippen LogP) is 5.23. The Morgan fingerprint density at radius 1 is 1.21 bits per heavy atom. The summed E-state index contributed by atoms with van der Waals surface area (Å²) in [5.41, 5.74) is 2.52. The monoisotopic (exact) mass is 336 g/mol. The van der Waals surface area contributed by atoms with Crippen LogP contribution in [0.4, 0.5) is 0 Å². The number of carbonyl (C=O) groups excluding carboxylic acids is 1. The summed E-state index contributed by atoms with van der Waals surface area (Å²) in [6, 6.07) is 10.2. The van der Waals surface area contributed by atoms with Crippen LogP contribution in [0.3, 0.4) is 0 Å². The molecule has 1 aromatic carbocycles. The second-order valence-electron chi connectivity index (χ2n) is 5.68. The Balaban J connectivity index is 2.10. The number of hydrogen-bond donors (Lipinski definition) is 0. The summed E-state index contributed by atoms with van der Waals surface area (Å²) in [6.45, 7) is 6.57. The highest BCUT2D eigenvalue weighted by Gasteiger charge is 2.14. The van der Waals surface area contributed by atoms with Gasteiger partial charge in [-0.2, -0.15) is 0 Å².